The molecule has 0 heterocycles. The van der Waals surface area contributed by atoms with Gasteiger partial charge in [0.25, 0.3) is 0 Å². The molecule has 0 saturated carbocycles. The first-order valence-corrected chi connectivity index (χ1v) is 8.12. The lowest BCUT2D eigenvalue weighted by atomic mass is 10.0. The van der Waals surface area contributed by atoms with Gasteiger partial charge in [0.2, 0.25) is 0 Å². The summed E-state index contributed by atoms with van der Waals surface area (Å²) >= 11 is 0. The van der Waals surface area contributed by atoms with Crippen LogP contribution in [0.1, 0.15) is 70.9 Å². The first-order valence-electron chi connectivity index (χ1n) is 8.12. The Labute approximate surface area is 136 Å². The van der Waals surface area contributed by atoms with Crippen LogP contribution < -0.4 is 5.32 Å². The van der Waals surface area contributed by atoms with Crippen LogP contribution in [-0.2, 0) is 0 Å². The Hall–Kier alpha value is -0.600. The van der Waals surface area contributed by atoms with E-state index < -0.39 is 0 Å². The molecule has 1 rings (SSSR count). The van der Waals surface area contributed by atoms with Gasteiger partial charge in [0, 0.05) is 6.04 Å². The summed E-state index contributed by atoms with van der Waals surface area (Å²) in [5.74, 6) is 0.671. The van der Waals surface area contributed by atoms with Crippen LogP contribution in [0.2, 0.25) is 0 Å². The predicted octanol–water partition coefficient (Wildman–Crippen LogP) is 5.89. The van der Waals surface area contributed by atoms with Gasteiger partial charge in [0.05, 0.1) is 0 Å². The van der Waals surface area contributed by atoms with Gasteiger partial charge in [-0.25, -0.2) is 4.39 Å². The first-order chi connectivity index (χ1) is 9.63. The number of benzene rings is 1. The standard InChI is InChI=1S/C18H30FN.ClH/c1-4-18(16-10-12-17(19)13-11-16)20-14-8-6-5-7-9-15(2)3;/h10-13,15,18,20H,4-9,14H2,1-3H3;1H. The van der Waals surface area contributed by atoms with Gasteiger partial charge in [-0.2, -0.15) is 0 Å². The average Bonchev–Trinajstić information content (AvgIpc) is 2.43. The normalized spacial score (nSPS) is 12.2. The molecule has 0 fully saturated rings. The zero-order valence-corrected chi connectivity index (χ0v) is 14.5. The van der Waals surface area contributed by atoms with Crippen LogP contribution in [0, 0.1) is 11.7 Å². The maximum Gasteiger partial charge on any atom is 0.123 e. The summed E-state index contributed by atoms with van der Waals surface area (Å²) < 4.78 is 12.9. The second kappa shape index (κ2) is 12.0. The van der Waals surface area contributed by atoms with E-state index in [-0.39, 0.29) is 18.2 Å². The fraction of sp³-hybridized carbons (Fsp3) is 0.667. The first kappa shape index (κ1) is 20.4. The van der Waals surface area contributed by atoms with Gasteiger partial charge < -0.3 is 5.32 Å². The highest BCUT2D eigenvalue weighted by Crippen LogP contribution is 2.17. The smallest absolute Gasteiger partial charge is 0.123 e. The van der Waals surface area contributed by atoms with Gasteiger partial charge >= 0.3 is 0 Å². The van der Waals surface area contributed by atoms with Crippen molar-refractivity contribution in [3.8, 4) is 0 Å². The highest BCUT2D eigenvalue weighted by molar-refractivity contribution is 5.85. The number of nitrogens with one attached hydrogen (secondary N) is 1. The summed E-state index contributed by atoms with van der Waals surface area (Å²) in [6, 6.07) is 7.22. The molecule has 0 aliphatic carbocycles. The van der Waals surface area contributed by atoms with Crippen LogP contribution in [0.25, 0.3) is 0 Å². The minimum atomic E-state index is -0.159. The van der Waals surface area contributed by atoms with Crippen molar-refractivity contribution in [3.05, 3.63) is 35.6 Å². The zero-order valence-electron chi connectivity index (χ0n) is 13.7. The molecule has 0 spiro atoms. The molecular weight excluding hydrogens is 285 g/mol. The van der Waals surface area contributed by atoms with Gasteiger partial charge in [0.15, 0.2) is 0 Å². The van der Waals surface area contributed by atoms with Crippen LogP contribution >= 0.6 is 12.4 Å². The lowest BCUT2D eigenvalue weighted by Crippen LogP contribution is -2.21. The summed E-state index contributed by atoms with van der Waals surface area (Å²) in [5, 5.41) is 3.58. The van der Waals surface area contributed by atoms with Crippen molar-refractivity contribution in [1.82, 2.24) is 5.32 Å². The van der Waals surface area contributed by atoms with Crippen molar-refractivity contribution in [1.29, 1.82) is 0 Å². The molecule has 3 heteroatoms. The lowest BCUT2D eigenvalue weighted by molar-refractivity contribution is 0.480. The van der Waals surface area contributed by atoms with E-state index in [1.54, 1.807) is 12.1 Å². The van der Waals surface area contributed by atoms with E-state index in [1.165, 1.54) is 37.7 Å². The summed E-state index contributed by atoms with van der Waals surface area (Å²) in [6.07, 6.45) is 7.62. The molecule has 0 saturated heterocycles. The van der Waals surface area contributed by atoms with Crippen LogP contribution in [0.15, 0.2) is 24.3 Å². The molecule has 21 heavy (non-hydrogen) atoms. The van der Waals surface area contributed by atoms with Crippen molar-refractivity contribution in [2.24, 2.45) is 5.92 Å². The summed E-state index contributed by atoms with van der Waals surface area (Å²) in [7, 11) is 0. The third kappa shape index (κ3) is 9.10. The third-order valence-electron chi connectivity index (χ3n) is 3.78. The summed E-state index contributed by atoms with van der Waals surface area (Å²) in [4.78, 5) is 0. The molecule has 1 unspecified atom stereocenters. The van der Waals surface area contributed by atoms with Crippen molar-refractivity contribution in [2.45, 2.75) is 65.3 Å². The Bertz CT molecular complexity index is 351. The molecule has 1 N–H and O–H groups in total. The molecule has 1 atom stereocenters. The fourth-order valence-electron chi connectivity index (χ4n) is 2.50. The topological polar surface area (TPSA) is 12.0 Å². The van der Waals surface area contributed by atoms with Crippen LogP contribution in [-0.4, -0.2) is 6.54 Å². The number of hydrogen-bond donors (Lipinski definition) is 1. The van der Waals surface area contributed by atoms with Crippen LogP contribution in [0.4, 0.5) is 4.39 Å². The van der Waals surface area contributed by atoms with E-state index in [1.807, 2.05) is 12.1 Å². The fourth-order valence-corrected chi connectivity index (χ4v) is 2.50. The largest absolute Gasteiger partial charge is 0.310 e. The van der Waals surface area contributed by atoms with Crippen molar-refractivity contribution < 1.29 is 4.39 Å². The van der Waals surface area contributed by atoms with Gasteiger partial charge in [-0.1, -0.05) is 58.6 Å². The molecule has 0 aromatic heterocycles. The Morgan fingerprint density at radius 3 is 2.19 bits per heavy atom. The zero-order chi connectivity index (χ0) is 14.8. The minimum Gasteiger partial charge on any atom is -0.310 e. The lowest BCUT2D eigenvalue weighted by Gasteiger charge is -2.17. The van der Waals surface area contributed by atoms with E-state index in [0.29, 0.717) is 6.04 Å². The Kier molecular flexibility index (Phi) is 11.7. The predicted molar refractivity (Wildman–Crippen MR) is 92.6 cm³/mol. The van der Waals surface area contributed by atoms with E-state index in [0.717, 1.165) is 18.9 Å². The molecule has 0 aliphatic rings. The van der Waals surface area contributed by atoms with E-state index in [2.05, 4.69) is 26.1 Å². The Morgan fingerprint density at radius 1 is 1.00 bits per heavy atom. The van der Waals surface area contributed by atoms with Crippen LogP contribution in [0.5, 0.6) is 0 Å². The van der Waals surface area contributed by atoms with E-state index in [4.69, 9.17) is 0 Å². The summed E-state index contributed by atoms with van der Waals surface area (Å²) in [5.41, 5.74) is 1.19. The van der Waals surface area contributed by atoms with E-state index >= 15 is 0 Å². The average molecular weight is 316 g/mol. The molecule has 1 nitrogen and oxygen atoms in total. The quantitative estimate of drug-likeness (QED) is 0.530. The minimum absolute atomic E-state index is 0. The second-order valence-electron chi connectivity index (χ2n) is 6.06. The SMILES string of the molecule is CCC(NCCCCCCC(C)C)c1ccc(F)cc1.Cl. The Morgan fingerprint density at radius 2 is 1.62 bits per heavy atom. The van der Waals surface area contributed by atoms with Gasteiger partial charge in [-0.3, -0.25) is 0 Å². The monoisotopic (exact) mass is 315 g/mol. The van der Waals surface area contributed by atoms with Gasteiger partial charge in [0.1, 0.15) is 5.82 Å². The number of hydrogen-bond acceptors (Lipinski definition) is 1. The summed E-state index contributed by atoms with van der Waals surface area (Å²) in [6.45, 7) is 7.80. The molecule has 1 aromatic carbocycles. The number of halogens is 2. The van der Waals surface area contributed by atoms with E-state index in [9.17, 15) is 4.39 Å². The molecule has 0 amide bonds. The maximum atomic E-state index is 12.9. The number of rotatable bonds is 10. The molecule has 0 aliphatic heterocycles. The highest BCUT2D eigenvalue weighted by atomic mass is 35.5. The molecule has 122 valence electrons. The molecule has 0 bridgehead atoms. The Balaban J connectivity index is 0.00000400. The van der Waals surface area contributed by atoms with Crippen molar-refractivity contribution in [2.75, 3.05) is 6.54 Å². The highest BCUT2D eigenvalue weighted by Gasteiger charge is 2.07. The van der Waals surface area contributed by atoms with Crippen LogP contribution in [0.3, 0.4) is 0 Å². The second-order valence-corrected chi connectivity index (χ2v) is 6.06. The molecule has 0 radical (unpaired) electrons. The third-order valence-corrected chi connectivity index (χ3v) is 3.78. The molecular formula is C18H31ClFN. The van der Waals surface area contributed by atoms with Gasteiger partial charge in [-0.05, 0) is 43.0 Å². The maximum absolute atomic E-state index is 12.9. The molecule has 1 aromatic rings. The van der Waals surface area contributed by atoms with Gasteiger partial charge in [-0.15, -0.1) is 12.4 Å². The van der Waals surface area contributed by atoms with Crippen molar-refractivity contribution >= 4 is 12.4 Å². The van der Waals surface area contributed by atoms with Crippen molar-refractivity contribution in [3.63, 3.8) is 0 Å². The number of unbranched alkanes of at least 4 members (excludes halogenated alkanes) is 3.